The molecule has 3 aromatic rings. The van der Waals surface area contributed by atoms with E-state index < -0.39 is 0 Å². The highest BCUT2D eigenvalue weighted by Gasteiger charge is 2.14. The lowest BCUT2D eigenvalue weighted by atomic mass is 10.2. The van der Waals surface area contributed by atoms with Crippen LogP contribution in [0.25, 0.3) is 20.4 Å². The van der Waals surface area contributed by atoms with E-state index in [1.54, 1.807) is 6.07 Å². The van der Waals surface area contributed by atoms with Crippen LogP contribution in [-0.2, 0) is 0 Å². The highest BCUT2D eigenvalue weighted by Crippen LogP contribution is 2.35. The Morgan fingerprint density at radius 3 is 2.61 bits per heavy atom. The zero-order chi connectivity index (χ0) is 12.9. The quantitative estimate of drug-likeness (QED) is 0.542. The summed E-state index contributed by atoms with van der Waals surface area (Å²) in [4.78, 5) is 12.9. The second-order valence-corrected chi connectivity index (χ2v) is 4.63. The Morgan fingerprint density at radius 1 is 1.11 bits per heavy atom. The molecule has 0 fully saturated rings. The van der Waals surface area contributed by atoms with Gasteiger partial charge in [-0.2, -0.15) is 10.2 Å². The van der Waals surface area contributed by atoms with Crippen LogP contribution >= 0.6 is 11.3 Å². The third-order valence-electron chi connectivity index (χ3n) is 2.50. The van der Waals surface area contributed by atoms with Gasteiger partial charge in [-0.3, -0.25) is 0 Å². The van der Waals surface area contributed by atoms with E-state index in [2.05, 4.69) is 15.0 Å². The van der Waals surface area contributed by atoms with Crippen LogP contribution in [0.5, 0.6) is 0 Å². The molecule has 0 bridgehead atoms. The van der Waals surface area contributed by atoms with Crippen molar-refractivity contribution in [3.63, 3.8) is 0 Å². The number of nitriles is 1. The molecule has 0 unspecified atom stereocenters. The fourth-order valence-corrected chi connectivity index (χ4v) is 2.72. The van der Waals surface area contributed by atoms with Crippen molar-refractivity contribution in [2.75, 3.05) is 17.2 Å². The van der Waals surface area contributed by atoms with Gasteiger partial charge in [-0.15, -0.1) is 11.3 Å². The van der Waals surface area contributed by atoms with Crippen LogP contribution in [0.3, 0.4) is 0 Å². The third kappa shape index (κ3) is 1.31. The summed E-state index contributed by atoms with van der Waals surface area (Å²) in [5, 5.41) is 9.66. The van der Waals surface area contributed by atoms with Gasteiger partial charge in [0.2, 0.25) is 5.95 Å². The van der Waals surface area contributed by atoms with Crippen molar-refractivity contribution >= 4 is 49.4 Å². The Labute approximate surface area is 105 Å². The third-order valence-corrected chi connectivity index (χ3v) is 3.61. The minimum Gasteiger partial charge on any atom is -0.383 e. The molecule has 3 rings (SSSR count). The van der Waals surface area contributed by atoms with Crippen LogP contribution in [0.4, 0.5) is 17.6 Å². The van der Waals surface area contributed by atoms with Crippen molar-refractivity contribution in [2.24, 2.45) is 0 Å². The molecule has 3 heterocycles. The molecule has 0 aromatic carbocycles. The largest absolute Gasteiger partial charge is 0.383 e. The zero-order valence-corrected chi connectivity index (χ0v) is 9.82. The van der Waals surface area contributed by atoms with Gasteiger partial charge in [0.25, 0.3) is 0 Å². The van der Waals surface area contributed by atoms with E-state index in [9.17, 15) is 0 Å². The molecule has 0 aliphatic rings. The second-order valence-electron chi connectivity index (χ2n) is 3.63. The number of fused-ring (bicyclic) bond motifs is 3. The summed E-state index contributed by atoms with van der Waals surface area (Å²) in [6.45, 7) is 0. The number of aromatic nitrogens is 3. The first kappa shape index (κ1) is 10.5. The SMILES string of the molecule is N#Cc1cc2c(nc1N)sc1c(N)nc(N)nc12. The summed E-state index contributed by atoms with van der Waals surface area (Å²) in [6, 6.07) is 3.62. The van der Waals surface area contributed by atoms with E-state index in [-0.39, 0.29) is 11.8 Å². The number of hydrogen-bond donors (Lipinski definition) is 3. The Kier molecular flexibility index (Phi) is 1.99. The molecule has 3 aromatic heterocycles. The van der Waals surface area contributed by atoms with Gasteiger partial charge in [-0.1, -0.05) is 0 Å². The number of nitrogens with zero attached hydrogens (tertiary/aromatic N) is 4. The second kappa shape index (κ2) is 3.41. The zero-order valence-electron chi connectivity index (χ0n) is 9.01. The molecular weight excluding hydrogens is 250 g/mol. The van der Waals surface area contributed by atoms with Gasteiger partial charge in [0.05, 0.1) is 15.8 Å². The van der Waals surface area contributed by atoms with Crippen LogP contribution in [-0.4, -0.2) is 15.0 Å². The van der Waals surface area contributed by atoms with Gasteiger partial charge in [-0.25, -0.2) is 9.97 Å². The van der Waals surface area contributed by atoms with Gasteiger partial charge in [0.1, 0.15) is 22.5 Å². The average molecular weight is 257 g/mol. The lowest BCUT2D eigenvalue weighted by Crippen LogP contribution is -1.98. The van der Waals surface area contributed by atoms with Crippen LogP contribution in [0.2, 0.25) is 0 Å². The summed E-state index contributed by atoms with van der Waals surface area (Å²) in [6.07, 6.45) is 0. The standard InChI is InChI=1S/C10H7N7S/c11-2-3-1-4-5-6(8(13)17-10(14)15-5)18-9(4)16-7(3)12/h1H,(H2,12,16)(H4,13,14,15,17). The Bertz CT molecular complexity index is 830. The van der Waals surface area contributed by atoms with E-state index in [0.717, 1.165) is 0 Å². The number of nitrogens with two attached hydrogens (primary N) is 3. The first-order chi connectivity index (χ1) is 8.60. The number of thiophene rings is 1. The van der Waals surface area contributed by atoms with E-state index in [1.807, 2.05) is 6.07 Å². The molecule has 0 radical (unpaired) electrons. The molecule has 0 aliphatic carbocycles. The van der Waals surface area contributed by atoms with Crippen molar-refractivity contribution < 1.29 is 0 Å². The fourth-order valence-electron chi connectivity index (χ4n) is 1.71. The molecule has 7 nitrogen and oxygen atoms in total. The van der Waals surface area contributed by atoms with Crippen molar-refractivity contribution in [1.82, 2.24) is 15.0 Å². The molecule has 0 spiro atoms. The van der Waals surface area contributed by atoms with E-state index in [0.29, 0.717) is 31.8 Å². The molecule has 0 atom stereocenters. The Morgan fingerprint density at radius 2 is 1.89 bits per heavy atom. The monoisotopic (exact) mass is 257 g/mol. The predicted octanol–water partition coefficient (Wildman–Crippen LogP) is 0.858. The van der Waals surface area contributed by atoms with Crippen molar-refractivity contribution in [1.29, 1.82) is 5.26 Å². The summed E-state index contributed by atoms with van der Waals surface area (Å²) in [7, 11) is 0. The lowest BCUT2D eigenvalue weighted by molar-refractivity contribution is 1.26. The predicted molar refractivity (Wildman–Crippen MR) is 70.7 cm³/mol. The number of pyridine rings is 1. The highest BCUT2D eigenvalue weighted by atomic mass is 32.1. The van der Waals surface area contributed by atoms with Crippen LogP contribution < -0.4 is 17.2 Å². The molecule has 0 aliphatic heterocycles. The number of hydrogen-bond acceptors (Lipinski definition) is 8. The van der Waals surface area contributed by atoms with E-state index in [4.69, 9.17) is 22.5 Å². The van der Waals surface area contributed by atoms with Crippen LogP contribution in [0, 0.1) is 11.3 Å². The molecule has 0 saturated heterocycles. The molecule has 0 saturated carbocycles. The molecule has 18 heavy (non-hydrogen) atoms. The smallest absolute Gasteiger partial charge is 0.222 e. The van der Waals surface area contributed by atoms with Crippen molar-refractivity contribution in [3.05, 3.63) is 11.6 Å². The summed E-state index contributed by atoms with van der Waals surface area (Å²) in [5.41, 5.74) is 17.9. The number of nitrogen functional groups attached to an aromatic ring is 3. The normalized spacial score (nSPS) is 10.8. The lowest BCUT2D eigenvalue weighted by Gasteiger charge is -1.97. The molecular formula is C10H7N7S. The van der Waals surface area contributed by atoms with Crippen molar-refractivity contribution in [3.8, 4) is 6.07 Å². The minimum atomic E-state index is 0.0926. The van der Waals surface area contributed by atoms with Gasteiger partial charge in [0, 0.05) is 5.39 Å². The van der Waals surface area contributed by atoms with Gasteiger partial charge in [-0.05, 0) is 6.07 Å². The fraction of sp³-hybridized carbons (Fsp3) is 0. The Hall–Kier alpha value is -2.66. The molecule has 6 N–H and O–H groups in total. The van der Waals surface area contributed by atoms with Gasteiger partial charge in [0.15, 0.2) is 0 Å². The Balaban J connectivity index is 2.54. The van der Waals surface area contributed by atoms with Crippen LogP contribution in [0.15, 0.2) is 6.07 Å². The topological polar surface area (TPSA) is 141 Å². The summed E-state index contributed by atoms with van der Waals surface area (Å²) < 4.78 is 0.696. The summed E-state index contributed by atoms with van der Waals surface area (Å²) >= 11 is 1.32. The van der Waals surface area contributed by atoms with Gasteiger partial charge < -0.3 is 17.2 Å². The number of anilines is 3. The molecule has 88 valence electrons. The first-order valence-electron chi connectivity index (χ1n) is 4.92. The van der Waals surface area contributed by atoms with Crippen LogP contribution in [0.1, 0.15) is 5.56 Å². The average Bonchev–Trinajstić information content (AvgIpc) is 2.66. The molecule has 0 amide bonds. The van der Waals surface area contributed by atoms with Gasteiger partial charge >= 0.3 is 0 Å². The minimum absolute atomic E-state index is 0.0926. The maximum atomic E-state index is 8.95. The van der Waals surface area contributed by atoms with E-state index >= 15 is 0 Å². The molecule has 8 heteroatoms. The van der Waals surface area contributed by atoms with Crippen molar-refractivity contribution in [2.45, 2.75) is 0 Å². The highest BCUT2D eigenvalue weighted by molar-refractivity contribution is 7.25. The maximum absolute atomic E-state index is 8.95. The first-order valence-corrected chi connectivity index (χ1v) is 5.73. The van der Waals surface area contributed by atoms with E-state index in [1.165, 1.54) is 11.3 Å². The number of rotatable bonds is 0. The summed E-state index contributed by atoms with van der Waals surface area (Å²) in [5.74, 6) is 0.587. The maximum Gasteiger partial charge on any atom is 0.222 e.